The number of fused-ring (bicyclic) bond motifs is 2. The number of hydrogen-bond donors (Lipinski definition) is 1. The summed E-state index contributed by atoms with van der Waals surface area (Å²) in [6.45, 7) is 4.65. The van der Waals surface area contributed by atoms with E-state index in [0.717, 1.165) is 58.2 Å². The summed E-state index contributed by atoms with van der Waals surface area (Å²) in [6.07, 6.45) is 6.06. The van der Waals surface area contributed by atoms with Crippen LogP contribution in [0.3, 0.4) is 0 Å². The van der Waals surface area contributed by atoms with E-state index in [2.05, 4.69) is 34.5 Å². The van der Waals surface area contributed by atoms with Crippen LogP contribution in [0.2, 0.25) is 0 Å². The van der Waals surface area contributed by atoms with Crippen LogP contribution in [0.1, 0.15) is 60.0 Å². The van der Waals surface area contributed by atoms with Gasteiger partial charge in [-0.05, 0) is 69.8 Å². The predicted molar refractivity (Wildman–Crippen MR) is 127 cm³/mol. The van der Waals surface area contributed by atoms with E-state index in [9.17, 15) is 14.9 Å². The number of nitro groups is 1. The molecule has 7 heteroatoms. The Morgan fingerprint density at radius 3 is 2.70 bits per heavy atom. The summed E-state index contributed by atoms with van der Waals surface area (Å²) in [5, 5.41) is 14.9. The van der Waals surface area contributed by atoms with Crippen molar-refractivity contribution in [3.8, 4) is 0 Å². The second kappa shape index (κ2) is 8.78. The summed E-state index contributed by atoms with van der Waals surface area (Å²) in [5.74, 6) is -0.461. The second-order valence-electron chi connectivity index (χ2n) is 9.77. The van der Waals surface area contributed by atoms with Crippen LogP contribution in [0.15, 0.2) is 42.5 Å². The van der Waals surface area contributed by atoms with Crippen LogP contribution in [0, 0.1) is 17.0 Å². The second-order valence-corrected chi connectivity index (χ2v) is 9.77. The number of likely N-dealkylation sites (tertiary alicyclic amines) is 1. The molecule has 1 N–H and O–H groups in total. The normalized spacial score (nSPS) is 24.2. The number of aryl methyl sites for hydroxylation is 1. The number of para-hydroxylation sites is 1. The Kier molecular flexibility index (Phi) is 5.83. The lowest BCUT2D eigenvalue weighted by atomic mass is 9.73. The summed E-state index contributed by atoms with van der Waals surface area (Å²) in [7, 11) is 0. The lowest BCUT2D eigenvalue weighted by Gasteiger charge is -2.46. The Labute approximate surface area is 194 Å². The third-order valence-corrected chi connectivity index (χ3v) is 7.91. The van der Waals surface area contributed by atoms with Crippen LogP contribution < -0.4 is 5.32 Å². The van der Waals surface area contributed by atoms with Crippen LogP contribution in [0.25, 0.3) is 0 Å². The fourth-order valence-electron chi connectivity index (χ4n) is 5.96. The molecule has 2 heterocycles. The summed E-state index contributed by atoms with van der Waals surface area (Å²) >= 11 is 0. The number of anilines is 1. The zero-order valence-corrected chi connectivity index (χ0v) is 19.1. The highest BCUT2D eigenvalue weighted by Crippen LogP contribution is 2.44. The number of nitrogens with zero attached hydrogens (tertiary/aromatic N) is 2. The van der Waals surface area contributed by atoms with Gasteiger partial charge in [-0.15, -0.1) is 0 Å². The number of esters is 1. The molecule has 2 aliphatic heterocycles. The lowest BCUT2D eigenvalue weighted by Crippen LogP contribution is -2.53. The number of rotatable bonds is 4. The molecule has 2 fully saturated rings. The first-order chi connectivity index (χ1) is 16.0. The smallest absolute Gasteiger partial charge is 0.338 e. The van der Waals surface area contributed by atoms with Gasteiger partial charge in [0.1, 0.15) is 6.10 Å². The van der Waals surface area contributed by atoms with Crippen LogP contribution in [0.4, 0.5) is 11.4 Å². The SMILES string of the molecule is Cc1ccc(C(=O)O[C@H]2CCCC[C@@H]2N2CCC3(CC2)CNc2ccccc23)cc1[N+](=O)[O-]. The van der Waals surface area contributed by atoms with Crippen LogP contribution in [-0.4, -0.2) is 47.6 Å². The van der Waals surface area contributed by atoms with Crippen molar-refractivity contribution in [3.05, 3.63) is 69.3 Å². The molecule has 0 bridgehead atoms. The Balaban J connectivity index is 1.27. The third kappa shape index (κ3) is 4.10. The first-order valence-electron chi connectivity index (χ1n) is 12.0. The highest BCUT2D eigenvalue weighted by atomic mass is 16.6. The van der Waals surface area contributed by atoms with Gasteiger partial charge in [0, 0.05) is 35.3 Å². The largest absolute Gasteiger partial charge is 0.457 e. The molecule has 7 nitrogen and oxygen atoms in total. The molecule has 2 aromatic carbocycles. The molecule has 33 heavy (non-hydrogen) atoms. The lowest BCUT2D eigenvalue weighted by molar-refractivity contribution is -0.385. The van der Waals surface area contributed by atoms with Gasteiger partial charge in [-0.1, -0.05) is 30.7 Å². The van der Waals surface area contributed by atoms with E-state index in [0.29, 0.717) is 5.56 Å². The molecular weight excluding hydrogens is 418 g/mol. The number of nitrogens with one attached hydrogen (secondary N) is 1. The van der Waals surface area contributed by atoms with E-state index in [4.69, 9.17) is 4.74 Å². The van der Waals surface area contributed by atoms with Crippen LogP contribution in [-0.2, 0) is 10.2 Å². The molecule has 1 saturated heterocycles. The Bertz CT molecular complexity index is 1060. The van der Waals surface area contributed by atoms with Gasteiger partial charge in [0.05, 0.1) is 10.5 Å². The Morgan fingerprint density at radius 1 is 1.15 bits per heavy atom. The number of nitro benzene ring substituents is 1. The van der Waals surface area contributed by atoms with E-state index in [1.54, 1.807) is 19.1 Å². The van der Waals surface area contributed by atoms with Gasteiger partial charge in [-0.3, -0.25) is 15.0 Å². The van der Waals surface area contributed by atoms with Gasteiger partial charge in [0.15, 0.2) is 0 Å². The fraction of sp³-hybridized carbons (Fsp3) is 0.500. The van der Waals surface area contributed by atoms with Crippen molar-refractivity contribution in [2.75, 3.05) is 25.0 Å². The summed E-state index contributed by atoms with van der Waals surface area (Å²) in [4.78, 5) is 26.2. The van der Waals surface area contributed by atoms with E-state index in [1.165, 1.54) is 17.3 Å². The molecular formula is C26H31N3O4. The molecule has 5 rings (SSSR count). The van der Waals surface area contributed by atoms with E-state index >= 15 is 0 Å². The topological polar surface area (TPSA) is 84.7 Å². The zero-order valence-electron chi connectivity index (χ0n) is 19.1. The van der Waals surface area contributed by atoms with Crippen molar-refractivity contribution in [2.24, 2.45) is 0 Å². The molecule has 0 amide bonds. The molecule has 2 aromatic rings. The molecule has 2 atom stereocenters. The Morgan fingerprint density at radius 2 is 1.91 bits per heavy atom. The van der Waals surface area contributed by atoms with Crippen molar-refractivity contribution in [1.29, 1.82) is 0 Å². The monoisotopic (exact) mass is 449 g/mol. The minimum Gasteiger partial charge on any atom is -0.457 e. The highest BCUT2D eigenvalue weighted by Gasteiger charge is 2.44. The Hall–Kier alpha value is -2.93. The average molecular weight is 450 g/mol. The molecule has 0 aromatic heterocycles. The van der Waals surface area contributed by atoms with Crippen molar-refractivity contribution >= 4 is 17.3 Å². The first-order valence-corrected chi connectivity index (χ1v) is 12.0. The van der Waals surface area contributed by atoms with Crippen LogP contribution >= 0.6 is 0 Å². The first kappa shape index (κ1) is 21.9. The summed E-state index contributed by atoms with van der Waals surface area (Å²) in [5.41, 5.74) is 3.66. The third-order valence-electron chi connectivity index (χ3n) is 7.91. The van der Waals surface area contributed by atoms with E-state index < -0.39 is 10.9 Å². The average Bonchev–Trinajstić information content (AvgIpc) is 3.18. The van der Waals surface area contributed by atoms with Gasteiger partial charge in [-0.25, -0.2) is 4.79 Å². The maximum Gasteiger partial charge on any atom is 0.338 e. The maximum atomic E-state index is 12.9. The molecule has 3 aliphatic rings. The standard InChI is InChI=1S/C26H31N3O4/c1-18-10-11-19(16-23(18)29(31)32)25(30)33-24-9-5-4-8-22(24)28-14-12-26(13-15-28)17-27-21-7-3-2-6-20(21)26/h2-3,6-7,10-11,16,22,24,27H,4-5,8-9,12-15,17H2,1H3/t22-,24-/m0/s1. The fourth-order valence-corrected chi connectivity index (χ4v) is 5.96. The number of hydrogen-bond acceptors (Lipinski definition) is 6. The minimum absolute atomic E-state index is 0.0450. The van der Waals surface area contributed by atoms with Crippen molar-refractivity contribution in [1.82, 2.24) is 4.90 Å². The predicted octanol–water partition coefficient (Wildman–Crippen LogP) is 4.83. The summed E-state index contributed by atoms with van der Waals surface area (Å²) < 4.78 is 5.98. The molecule has 1 saturated carbocycles. The van der Waals surface area contributed by atoms with E-state index in [-0.39, 0.29) is 28.8 Å². The summed E-state index contributed by atoms with van der Waals surface area (Å²) in [6, 6.07) is 13.4. The van der Waals surface area contributed by atoms with Crippen molar-refractivity contribution in [3.63, 3.8) is 0 Å². The zero-order chi connectivity index (χ0) is 23.0. The van der Waals surface area contributed by atoms with E-state index in [1.807, 2.05) is 0 Å². The van der Waals surface area contributed by atoms with Gasteiger partial charge >= 0.3 is 5.97 Å². The van der Waals surface area contributed by atoms with Gasteiger partial charge < -0.3 is 10.1 Å². The molecule has 0 radical (unpaired) electrons. The number of carbonyl (C=O) groups excluding carboxylic acids is 1. The minimum atomic E-state index is -0.461. The van der Waals surface area contributed by atoms with Gasteiger partial charge in [0.2, 0.25) is 0 Å². The van der Waals surface area contributed by atoms with Gasteiger partial charge in [-0.2, -0.15) is 0 Å². The van der Waals surface area contributed by atoms with Gasteiger partial charge in [0.25, 0.3) is 5.69 Å². The molecule has 1 aliphatic carbocycles. The number of carbonyl (C=O) groups is 1. The number of ether oxygens (including phenoxy) is 1. The molecule has 0 unspecified atom stereocenters. The molecule has 1 spiro atoms. The van der Waals surface area contributed by atoms with Crippen molar-refractivity contribution < 1.29 is 14.5 Å². The highest BCUT2D eigenvalue weighted by molar-refractivity contribution is 5.90. The quantitative estimate of drug-likeness (QED) is 0.409. The molecule has 174 valence electrons. The maximum absolute atomic E-state index is 12.9. The number of benzene rings is 2. The number of piperidine rings is 1. The van der Waals surface area contributed by atoms with Crippen molar-refractivity contribution in [2.45, 2.75) is 63.0 Å². The van der Waals surface area contributed by atoms with Crippen LogP contribution in [0.5, 0.6) is 0 Å².